The lowest BCUT2D eigenvalue weighted by molar-refractivity contribution is 0.0915. The number of amides is 1. The summed E-state index contributed by atoms with van der Waals surface area (Å²) < 4.78 is 5.48. The standard InChI is InChI=1S/C20H21N3O2/c1-14-8-10-16(11-9-14)12-18-22-23-20(25-18)19(24)21-13-15(2)17-6-4-3-5-7-17/h3-11,15H,12-13H2,1-2H3,(H,21,24)/t15-/m0/s1. The molecule has 0 spiro atoms. The van der Waals surface area contributed by atoms with Gasteiger partial charge in [-0.15, -0.1) is 10.2 Å². The highest BCUT2D eigenvalue weighted by Gasteiger charge is 2.16. The maximum Gasteiger partial charge on any atom is 0.308 e. The van der Waals surface area contributed by atoms with Crippen molar-refractivity contribution in [3.63, 3.8) is 0 Å². The first-order valence-corrected chi connectivity index (χ1v) is 8.33. The van der Waals surface area contributed by atoms with E-state index in [0.717, 1.165) is 5.56 Å². The molecule has 0 fully saturated rings. The van der Waals surface area contributed by atoms with Gasteiger partial charge in [-0.3, -0.25) is 4.79 Å². The molecule has 2 aromatic carbocycles. The van der Waals surface area contributed by atoms with Gasteiger partial charge in [-0.25, -0.2) is 0 Å². The minimum absolute atomic E-state index is 0.00220. The van der Waals surface area contributed by atoms with Crippen molar-refractivity contribution in [1.29, 1.82) is 0 Å². The molecule has 0 aliphatic carbocycles. The molecule has 0 saturated heterocycles. The van der Waals surface area contributed by atoms with Crippen molar-refractivity contribution < 1.29 is 9.21 Å². The molecule has 0 aliphatic rings. The molecule has 128 valence electrons. The predicted molar refractivity (Wildman–Crippen MR) is 95.5 cm³/mol. The summed E-state index contributed by atoms with van der Waals surface area (Å²) in [7, 11) is 0. The van der Waals surface area contributed by atoms with Crippen LogP contribution in [0.25, 0.3) is 0 Å². The predicted octanol–water partition coefficient (Wildman–Crippen LogP) is 3.50. The first-order valence-electron chi connectivity index (χ1n) is 8.33. The van der Waals surface area contributed by atoms with E-state index in [4.69, 9.17) is 4.42 Å². The van der Waals surface area contributed by atoms with E-state index < -0.39 is 0 Å². The van der Waals surface area contributed by atoms with Crippen molar-refractivity contribution in [2.75, 3.05) is 6.54 Å². The molecule has 1 atom stereocenters. The van der Waals surface area contributed by atoms with Gasteiger partial charge in [0.15, 0.2) is 0 Å². The zero-order valence-electron chi connectivity index (χ0n) is 14.4. The van der Waals surface area contributed by atoms with E-state index in [2.05, 4.69) is 22.4 Å². The highest BCUT2D eigenvalue weighted by atomic mass is 16.4. The molecule has 5 heteroatoms. The Morgan fingerprint density at radius 3 is 2.52 bits per heavy atom. The van der Waals surface area contributed by atoms with Crippen molar-refractivity contribution in [3.8, 4) is 0 Å². The molecular weight excluding hydrogens is 314 g/mol. The summed E-state index contributed by atoms with van der Waals surface area (Å²) in [6.45, 7) is 4.61. The Morgan fingerprint density at radius 2 is 1.80 bits per heavy atom. The molecule has 0 radical (unpaired) electrons. The number of aromatic nitrogens is 2. The molecule has 0 saturated carbocycles. The number of hydrogen-bond donors (Lipinski definition) is 1. The van der Waals surface area contributed by atoms with Crippen LogP contribution in [-0.2, 0) is 6.42 Å². The van der Waals surface area contributed by atoms with Crippen molar-refractivity contribution in [2.24, 2.45) is 0 Å². The van der Waals surface area contributed by atoms with Crippen LogP contribution in [0.2, 0.25) is 0 Å². The van der Waals surface area contributed by atoms with Gasteiger partial charge in [0.05, 0.1) is 6.42 Å². The lowest BCUT2D eigenvalue weighted by Gasteiger charge is -2.11. The third kappa shape index (κ3) is 4.53. The van der Waals surface area contributed by atoms with Crippen molar-refractivity contribution in [3.05, 3.63) is 83.1 Å². The summed E-state index contributed by atoms with van der Waals surface area (Å²) in [5.41, 5.74) is 3.44. The zero-order chi connectivity index (χ0) is 17.6. The molecule has 1 heterocycles. The van der Waals surface area contributed by atoms with Crippen LogP contribution in [0.5, 0.6) is 0 Å². The van der Waals surface area contributed by atoms with Gasteiger partial charge in [-0.2, -0.15) is 0 Å². The van der Waals surface area contributed by atoms with Crippen LogP contribution in [0.4, 0.5) is 0 Å². The minimum Gasteiger partial charge on any atom is -0.417 e. The fourth-order valence-corrected chi connectivity index (χ4v) is 2.52. The number of benzene rings is 2. The number of aryl methyl sites for hydroxylation is 1. The molecule has 1 aromatic heterocycles. The molecule has 5 nitrogen and oxygen atoms in total. The van der Waals surface area contributed by atoms with Gasteiger partial charge < -0.3 is 9.73 Å². The molecule has 1 N–H and O–H groups in total. The summed E-state index contributed by atoms with van der Waals surface area (Å²) >= 11 is 0. The summed E-state index contributed by atoms with van der Waals surface area (Å²) in [4.78, 5) is 12.2. The number of nitrogens with one attached hydrogen (secondary N) is 1. The normalized spacial score (nSPS) is 11.9. The van der Waals surface area contributed by atoms with Crippen molar-refractivity contribution in [2.45, 2.75) is 26.2 Å². The van der Waals surface area contributed by atoms with E-state index in [-0.39, 0.29) is 17.7 Å². The van der Waals surface area contributed by atoms with Crippen LogP contribution < -0.4 is 5.32 Å². The fourth-order valence-electron chi connectivity index (χ4n) is 2.52. The second-order valence-corrected chi connectivity index (χ2v) is 6.19. The van der Waals surface area contributed by atoms with Gasteiger partial charge in [-0.05, 0) is 24.0 Å². The fraction of sp³-hybridized carbons (Fsp3) is 0.250. The monoisotopic (exact) mass is 335 g/mol. The number of hydrogen-bond acceptors (Lipinski definition) is 4. The maximum atomic E-state index is 12.2. The van der Waals surface area contributed by atoms with Gasteiger partial charge in [-0.1, -0.05) is 67.1 Å². The van der Waals surface area contributed by atoms with Crippen LogP contribution in [0, 0.1) is 6.92 Å². The molecule has 3 rings (SSSR count). The number of rotatable bonds is 6. The molecule has 3 aromatic rings. The average Bonchev–Trinajstić information content (AvgIpc) is 3.10. The van der Waals surface area contributed by atoms with Crippen LogP contribution in [-0.4, -0.2) is 22.6 Å². The van der Waals surface area contributed by atoms with E-state index in [9.17, 15) is 4.79 Å². The number of nitrogens with zero attached hydrogens (tertiary/aromatic N) is 2. The summed E-state index contributed by atoms with van der Waals surface area (Å²) in [5.74, 6) is 0.304. The van der Waals surface area contributed by atoms with Crippen LogP contribution in [0.3, 0.4) is 0 Å². The summed E-state index contributed by atoms with van der Waals surface area (Å²) in [6, 6.07) is 18.1. The second-order valence-electron chi connectivity index (χ2n) is 6.19. The molecule has 0 unspecified atom stereocenters. The van der Waals surface area contributed by atoms with E-state index in [1.165, 1.54) is 11.1 Å². The Kier molecular flexibility index (Phi) is 5.23. The van der Waals surface area contributed by atoms with E-state index in [0.29, 0.717) is 18.9 Å². The van der Waals surface area contributed by atoms with Gasteiger partial charge >= 0.3 is 11.8 Å². The Morgan fingerprint density at radius 1 is 1.08 bits per heavy atom. The first kappa shape index (κ1) is 16.9. The van der Waals surface area contributed by atoms with Gasteiger partial charge in [0.1, 0.15) is 0 Å². The Labute approximate surface area is 147 Å². The molecule has 1 amide bonds. The van der Waals surface area contributed by atoms with Crippen molar-refractivity contribution >= 4 is 5.91 Å². The van der Waals surface area contributed by atoms with Crippen molar-refractivity contribution in [1.82, 2.24) is 15.5 Å². The van der Waals surface area contributed by atoms with E-state index in [1.54, 1.807) is 0 Å². The first-order chi connectivity index (χ1) is 12.1. The summed E-state index contributed by atoms with van der Waals surface area (Å²) in [5, 5.41) is 10.7. The smallest absolute Gasteiger partial charge is 0.308 e. The zero-order valence-corrected chi connectivity index (χ0v) is 14.4. The van der Waals surface area contributed by atoms with Gasteiger partial charge in [0.2, 0.25) is 5.89 Å². The molecular formula is C20H21N3O2. The second kappa shape index (κ2) is 7.75. The van der Waals surface area contributed by atoms with Crippen LogP contribution in [0.15, 0.2) is 59.0 Å². The lowest BCUT2D eigenvalue weighted by atomic mass is 10.0. The van der Waals surface area contributed by atoms with Gasteiger partial charge in [0, 0.05) is 6.54 Å². The van der Waals surface area contributed by atoms with Gasteiger partial charge in [0.25, 0.3) is 0 Å². The average molecular weight is 335 g/mol. The van der Waals surface area contributed by atoms with E-state index >= 15 is 0 Å². The SMILES string of the molecule is Cc1ccc(Cc2nnc(C(=O)NC[C@H](C)c3ccccc3)o2)cc1. The molecule has 25 heavy (non-hydrogen) atoms. The van der Waals surface area contributed by atoms with Crippen LogP contribution in [0.1, 0.15) is 46.1 Å². The quantitative estimate of drug-likeness (QED) is 0.748. The van der Waals surface area contributed by atoms with Crippen LogP contribution >= 0.6 is 0 Å². The lowest BCUT2D eigenvalue weighted by Crippen LogP contribution is -2.27. The third-order valence-electron chi connectivity index (χ3n) is 4.07. The Bertz CT molecular complexity index is 826. The third-order valence-corrected chi connectivity index (χ3v) is 4.07. The minimum atomic E-state index is -0.342. The molecule has 0 aliphatic heterocycles. The maximum absolute atomic E-state index is 12.2. The summed E-state index contributed by atoms with van der Waals surface area (Å²) in [6.07, 6.45) is 0.515. The Hall–Kier alpha value is -2.95. The largest absolute Gasteiger partial charge is 0.417 e. The highest BCUT2D eigenvalue weighted by Crippen LogP contribution is 2.14. The highest BCUT2D eigenvalue weighted by molar-refractivity contribution is 5.89. The Balaban J connectivity index is 1.56. The number of carbonyl (C=O) groups is 1. The van der Waals surface area contributed by atoms with E-state index in [1.807, 2.05) is 61.5 Å². The number of carbonyl (C=O) groups excluding carboxylic acids is 1. The topological polar surface area (TPSA) is 68.0 Å². The molecule has 0 bridgehead atoms.